The summed E-state index contributed by atoms with van der Waals surface area (Å²) in [4.78, 5) is 24.6. The summed E-state index contributed by atoms with van der Waals surface area (Å²) in [7, 11) is 0. The van der Waals surface area contributed by atoms with Gasteiger partial charge in [-0.1, -0.05) is 377 Å². The van der Waals surface area contributed by atoms with Crippen LogP contribution in [0.5, 0.6) is 0 Å². The Morgan fingerprint density at radius 1 is 0.322 bits per heavy atom. The van der Waals surface area contributed by atoms with Gasteiger partial charge in [0.2, 0.25) is 5.91 Å². The summed E-state index contributed by atoms with van der Waals surface area (Å²) in [6.07, 6.45) is 101. The number of amides is 1. The fraction of sp³-hybridized carbons (Fsp3) is 0.877. The van der Waals surface area contributed by atoms with Gasteiger partial charge >= 0.3 is 5.97 Å². The summed E-state index contributed by atoms with van der Waals surface area (Å²) in [6.45, 7) is 4.92. The number of hydrogen-bond acceptors (Lipinski definition) is 5. The lowest BCUT2D eigenvalue weighted by molar-refractivity contribution is -0.143. The summed E-state index contributed by atoms with van der Waals surface area (Å²) in [5, 5.41) is 23.2. The number of ether oxygens (including phenoxy) is 1. The van der Waals surface area contributed by atoms with Gasteiger partial charge in [0.1, 0.15) is 0 Å². The van der Waals surface area contributed by atoms with Crippen molar-refractivity contribution in [2.24, 2.45) is 0 Å². The summed E-state index contributed by atoms with van der Waals surface area (Å²) in [6, 6.07) is -0.625. The molecule has 0 radical (unpaired) electrons. The average Bonchev–Trinajstić information content (AvgIpc) is 3.53. The van der Waals surface area contributed by atoms with E-state index in [1.807, 2.05) is 6.08 Å². The third-order valence-corrected chi connectivity index (χ3v) is 18.3. The number of carbonyl (C=O) groups excluding carboxylic acids is 2. The second-order valence-corrected chi connectivity index (χ2v) is 27.0. The van der Waals surface area contributed by atoms with Gasteiger partial charge in [-0.15, -0.1) is 0 Å². The number of rotatable bonds is 74. The van der Waals surface area contributed by atoms with Gasteiger partial charge in [0, 0.05) is 12.8 Å². The molecule has 87 heavy (non-hydrogen) atoms. The molecule has 0 aliphatic heterocycles. The first-order valence-electron chi connectivity index (χ1n) is 39.4. The molecule has 512 valence electrons. The molecule has 0 rings (SSSR count). The van der Waals surface area contributed by atoms with Gasteiger partial charge in [0.05, 0.1) is 25.4 Å². The zero-order valence-electron chi connectivity index (χ0n) is 58.8. The first-order chi connectivity index (χ1) is 43.0. The number of unbranched alkanes of at least 4 members (excludes halogenated alkanes) is 57. The number of aliphatic hydroxyl groups is 2. The topological polar surface area (TPSA) is 95.9 Å². The summed E-state index contributed by atoms with van der Waals surface area (Å²) in [5.41, 5.74) is 0. The quantitative estimate of drug-likeness (QED) is 0.0320. The third kappa shape index (κ3) is 72.8. The molecular formula is C81H153NO5. The minimum atomic E-state index is -0.842. The number of nitrogens with one attached hydrogen (secondary N) is 1. The van der Waals surface area contributed by atoms with Crippen molar-refractivity contribution in [3.05, 3.63) is 48.6 Å². The maximum Gasteiger partial charge on any atom is 0.305 e. The number of aliphatic hydroxyl groups excluding tert-OH is 2. The van der Waals surface area contributed by atoms with Crippen LogP contribution in [0, 0.1) is 0 Å². The van der Waals surface area contributed by atoms with E-state index in [0.717, 1.165) is 51.4 Å². The van der Waals surface area contributed by atoms with Crippen LogP contribution in [0.3, 0.4) is 0 Å². The van der Waals surface area contributed by atoms with Crippen LogP contribution in [0.15, 0.2) is 48.6 Å². The van der Waals surface area contributed by atoms with Gasteiger partial charge in [-0.25, -0.2) is 0 Å². The van der Waals surface area contributed by atoms with Crippen LogP contribution >= 0.6 is 0 Å². The lowest BCUT2D eigenvalue weighted by atomic mass is 10.0. The largest absolute Gasteiger partial charge is 0.466 e. The molecular weight excluding hydrogens is 1070 g/mol. The lowest BCUT2D eigenvalue weighted by Crippen LogP contribution is -2.45. The number of esters is 1. The highest BCUT2D eigenvalue weighted by atomic mass is 16.5. The van der Waals surface area contributed by atoms with Crippen molar-refractivity contribution < 1.29 is 24.5 Å². The van der Waals surface area contributed by atoms with Crippen molar-refractivity contribution in [3.63, 3.8) is 0 Å². The Morgan fingerprint density at radius 3 is 0.897 bits per heavy atom. The molecule has 0 aromatic rings. The second kappa shape index (κ2) is 76.3. The molecule has 0 aliphatic carbocycles. The fourth-order valence-corrected chi connectivity index (χ4v) is 12.3. The van der Waals surface area contributed by atoms with E-state index in [0.29, 0.717) is 19.4 Å². The van der Waals surface area contributed by atoms with Crippen LogP contribution < -0.4 is 5.32 Å². The van der Waals surface area contributed by atoms with Gasteiger partial charge in [0.15, 0.2) is 0 Å². The SMILES string of the molecule is CCCCCC/C=C\C/C=C\CCCCCCCC(=O)OCCCCCCCCCCCCCCCCCC/C=C\CCCCCCCCCCCCCCCCCCCC(=O)NC(CO)C(O)/C=C/CCCCCCCCCCCCCCCCC. The number of carbonyl (C=O) groups is 2. The van der Waals surface area contributed by atoms with E-state index < -0.39 is 12.1 Å². The van der Waals surface area contributed by atoms with Gasteiger partial charge in [-0.2, -0.15) is 0 Å². The molecule has 2 atom stereocenters. The zero-order chi connectivity index (χ0) is 62.8. The molecule has 0 bridgehead atoms. The van der Waals surface area contributed by atoms with E-state index in [9.17, 15) is 19.8 Å². The zero-order valence-corrected chi connectivity index (χ0v) is 58.8. The number of hydrogen-bond donors (Lipinski definition) is 3. The van der Waals surface area contributed by atoms with Crippen LogP contribution in [0.1, 0.15) is 431 Å². The van der Waals surface area contributed by atoms with E-state index in [1.165, 1.54) is 353 Å². The highest BCUT2D eigenvalue weighted by molar-refractivity contribution is 5.76. The average molecular weight is 1220 g/mol. The highest BCUT2D eigenvalue weighted by Crippen LogP contribution is 2.19. The molecule has 6 nitrogen and oxygen atoms in total. The molecule has 0 spiro atoms. The van der Waals surface area contributed by atoms with Gasteiger partial charge in [-0.3, -0.25) is 9.59 Å². The maximum atomic E-state index is 12.5. The summed E-state index contributed by atoms with van der Waals surface area (Å²) < 4.78 is 5.50. The molecule has 0 saturated heterocycles. The molecule has 0 aromatic heterocycles. The van der Waals surface area contributed by atoms with E-state index >= 15 is 0 Å². The van der Waals surface area contributed by atoms with Gasteiger partial charge in [0.25, 0.3) is 0 Å². The lowest BCUT2D eigenvalue weighted by Gasteiger charge is -2.20. The molecule has 0 aliphatic rings. The molecule has 6 heteroatoms. The Hall–Kier alpha value is -2.18. The van der Waals surface area contributed by atoms with E-state index in [2.05, 4.69) is 55.6 Å². The number of allylic oxidation sites excluding steroid dienone is 7. The monoisotopic (exact) mass is 1220 g/mol. The fourth-order valence-electron chi connectivity index (χ4n) is 12.3. The van der Waals surface area contributed by atoms with Crippen LogP contribution in [-0.2, 0) is 14.3 Å². The van der Waals surface area contributed by atoms with Crippen LogP contribution in [0.2, 0.25) is 0 Å². The van der Waals surface area contributed by atoms with Crippen molar-refractivity contribution in [1.82, 2.24) is 5.32 Å². The molecule has 0 aromatic carbocycles. The van der Waals surface area contributed by atoms with E-state index in [1.54, 1.807) is 6.08 Å². The molecule has 2 unspecified atom stereocenters. The van der Waals surface area contributed by atoms with E-state index in [4.69, 9.17) is 4.74 Å². The Bertz CT molecular complexity index is 1450. The van der Waals surface area contributed by atoms with Crippen LogP contribution in [0.25, 0.3) is 0 Å². The van der Waals surface area contributed by atoms with Crippen molar-refractivity contribution in [1.29, 1.82) is 0 Å². The Morgan fingerprint density at radius 2 is 0.575 bits per heavy atom. The highest BCUT2D eigenvalue weighted by Gasteiger charge is 2.18. The van der Waals surface area contributed by atoms with Crippen molar-refractivity contribution in [3.8, 4) is 0 Å². The molecule has 0 fully saturated rings. The maximum absolute atomic E-state index is 12.5. The predicted molar refractivity (Wildman–Crippen MR) is 384 cm³/mol. The van der Waals surface area contributed by atoms with Crippen LogP contribution in [-0.4, -0.2) is 47.4 Å². The van der Waals surface area contributed by atoms with Crippen molar-refractivity contribution >= 4 is 11.9 Å². The van der Waals surface area contributed by atoms with E-state index in [-0.39, 0.29) is 18.5 Å². The Labute approximate surface area is 544 Å². The van der Waals surface area contributed by atoms with Crippen molar-refractivity contribution in [2.45, 2.75) is 443 Å². The Balaban J connectivity index is 3.35. The minimum absolute atomic E-state index is 0.00808. The standard InChI is InChI=1S/C81H153NO5/c1-3-5-7-9-11-13-15-17-19-42-45-49-53-57-61-65-69-73-79(84)78(77-83)82-80(85)74-70-66-62-58-54-50-46-43-40-38-36-34-32-30-28-26-24-22-21-23-25-27-29-31-33-35-37-39-41-44-48-52-56-60-64-68-72-76-87-81(86)75-71-67-63-59-55-51-47-20-18-16-14-12-10-8-6-4-2/h14,16,20-21,23,47,69,73,78-79,83-84H,3-13,15,17-19,22,24-46,48-68,70-72,74-77H2,1-2H3,(H,82,85)/b16-14-,23-21-,47-20-,73-69+. The smallest absolute Gasteiger partial charge is 0.305 e. The van der Waals surface area contributed by atoms with Crippen LogP contribution in [0.4, 0.5) is 0 Å². The molecule has 3 N–H and O–H groups in total. The predicted octanol–water partition coefficient (Wildman–Crippen LogP) is 26.0. The van der Waals surface area contributed by atoms with Gasteiger partial charge < -0.3 is 20.3 Å². The second-order valence-electron chi connectivity index (χ2n) is 27.0. The third-order valence-electron chi connectivity index (χ3n) is 18.3. The molecule has 0 saturated carbocycles. The minimum Gasteiger partial charge on any atom is -0.466 e. The first-order valence-corrected chi connectivity index (χ1v) is 39.4. The van der Waals surface area contributed by atoms with Crippen molar-refractivity contribution in [2.75, 3.05) is 13.2 Å². The molecule has 1 amide bonds. The normalized spacial score (nSPS) is 12.7. The summed E-state index contributed by atoms with van der Waals surface area (Å²) >= 11 is 0. The first kappa shape index (κ1) is 84.8. The van der Waals surface area contributed by atoms with Gasteiger partial charge in [-0.05, 0) is 89.9 Å². The molecule has 0 heterocycles. The Kier molecular flexibility index (Phi) is 74.4. The summed E-state index contributed by atoms with van der Waals surface area (Å²) in [5.74, 6) is -0.0528.